The molecule has 19 heavy (non-hydrogen) atoms. The number of amides is 2. The van der Waals surface area contributed by atoms with Crippen LogP contribution in [0.25, 0.3) is 0 Å². The fourth-order valence-electron chi connectivity index (χ4n) is 2.20. The molecule has 2 aliphatic rings. The third-order valence-electron chi connectivity index (χ3n) is 3.56. The lowest BCUT2D eigenvalue weighted by Gasteiger charge is -2.26. The highest BCUT2D eigenvalue weighted by Crippen LogP contribution is 2.27. The van der Waals surface area contributed by atoms with Gasteiger partial charge in [-0.1, -0.05) is 0 Å². The third kappa shape index (κ3) is 6.25. The van der Waals surface area contributed by atoms with Crippen molar-refractivity contribution < 1.29 is 9.59 Å². The maximum Gasteiger partial charge on any atom is 0.241 e. The molecular weight excluding hydrogens is 266 g/mol. The van der Waals surface area contributed by atoms with Gasteiger partial charge >= 0.3 is 0 Å². The highest BCUT2D eigenvalue weighted by atomic mass is 35.5. The first-order valence-electron chi connectivity index (χ1n) is 7.01. The Morgan fingerprint density at radius 1 is 1.05 bits per heavy atom. The monoisotopic (exact) mass is 289 g/mol. The molecule has 1 saturated heterocycles. The molecule has 2 N–H and O–H groups in total. The van der Waals surface area contributed by atoms with Crippen molar-refractivity contribution in [2.75, 3.05) is 32.7 Å². The molecule has 0 aromatic heterocycles. The number of halogens is 1. The van der Waals surface area contributed by atoms with E-state index in [1.54, 1.807) is 0 Å². The van der Waals surface area contributed by atoms with Crippen molar-refractivity contribution in [2.24, 2.45) is 5.92 Å². The van der Waals surface area contributed by atoms with Gasteiger partial charge in [-0.3, -0.25) is 9.59 Å². The van der Waals surface area contributed by atoms with Gasteiger partial charge < -0.3 is 15.5 Å². The molecule has 5 nitrogen and oxygen atoms in total. The number of nitrogens with zero attached hydrogens (tertiary/aromatic N) is 1. The van der Waals surface area contributed by atoms with Gasteiger partial charge in [0.1, 0.15) is 0 Å². The lowest BCUT2D eigenvalue weighted by Crippen LogP contribution is -2.44. The van der Waals surface area contributed by atoms with E-state index in [2.05, 4.69) is 10.6 Å². The molecule has 110 valence electrons. The van der Waals surface area contributed by atoms with E-state index in [0.717, 1.165) is 38.4 Å². The Balaban J connectivity index is 0.00000180. The summed E-state index contributed by atoms with van der Waals surface area (Å²) < 4.78 is 0. The fraction of sp³-hybridized carbons (Fsp3) is 0.846. The molecule has 1 aliphatic heterocycles. The summed E-state index contributed by atoms with van der Waals surface area (Å²) in [6, 6.07) is 0. The number of likely N-dealkylation sites (tertiary alicyclic amines) is 1. The van der Waals surface area contributed by atoms with Crippen molar-refractivity contribution in [2.45, 2.75) is 32.1 Å². The zero-order valence-electron chi connectivity index (χ0n) is 11.3. The van der Waals surface area contributed by atoms with Gasteiger partial charge in [-0.25, -0.2) is 0 Å². The highest BCUT2D eigenvalue weighted by molar-refractivity contribution is 5.85. The number of nitrogens with one attached hydrogen (secondary N) is 2. The Bertz CT molecular complexity index is 302. The molecule has 2 rings (SSSR count). The Kier molecular flexibility index (Phi) is 7.16. The maximum atomic E-state index is 11.8. The van der Waals surface area contributed by atoms with Crippen LogP contribution in [0.4, 0.5) is 0 Å². The second kappa shape index (κ2) is 8.38. The van der Waals surface area contributed by atoms with E-state index in [9.17, 15) is 9.59 Å². The molecular formula is C13H24ClN3O2. The SMILES string of the molecule is Cl.O=C(CNCC1CC1)NCC(=O)N1CCCCC1. The largest absolute Gasteiger partial charge is 0.346 e. The number of hydrogen-bond donors (Lipinski definition) is 2. The van der Waals surface area contributed by atoms with E-state index in [1.165, 1.54) is 19.3 Å². The summed E-state index contributed by atoms with van der Waals surface area (Å²) in [5, 5.41) is 5.79. The Hall–Kier alpha value is -0.810. The summed E-state index contributed by atoms with van der Waals surface area (Å²) in [6.45, 7) is 3.07. The molecule has 0 bridgehead atoms. The minimum absolute atomic E-state index is 0. The van der Waals surface area contributed by atoms with Gasteiger partial charge in [-0.15, -0.1) is 12.4 Å². The predicted molar refractivity (Wildman–Crippen MR) is 76.3 cm³/mol. The van der Waals surface area contributed by atoms with E-state index < -0.39 is 0 Å². The highest BCUT2D eigenvalue weighted by Gasteiger charge is 2.21. The molecule has 0 spiro atoms. The second-order valence-electron chi connectivity index (χ2n) is 5.29. The molecule has 2 fully saturated rings. The van der Waals surface area contributed by atoms with E-state index in [-0.39, 0.29) is 30.8 Å². The van der Waals surface area contributed by atoms with E-state index >= 15 is 0 Å². The number of piperidine rings is 1. The molecule has 0 unspecified atom stereocenters. The normalized spacial score (nSPS) is 18.6. The van der Waals surface area contributed by atoms with Crippen LogP contribution in [-0.2, 0) is 9.59 Å². The van der Waals surface area contributed by atoms with Crippen LogP contribution in [0.15, 0.2) is 0 Å². The van der Waals surface area contributed by atoms with Gasteiger partial charge in [0.15, 0.2) is 0 Å². The van der Waals surface area contributed by atoms with Crippen LogP contribution >= 0.6 is 12.4 Å². The van der Waals surface area contributed by atoms with E-state index in [0.29, 0.717) is 6.54 Å². The lowest BCUT2D eigenvalue weighted by molar-refractivity contribution is -0.133. The third-order valence-corrected chi connectivity index (χ3v) is 3.56. The van der Waals surface area contributed by atoms with Gasteiger partial charge in [0.2, 0.25) is 11.8 Å². The summed E-state index contributed by atoms with van der Waals surface area (Å²) in [6.07, 6.45) is 5.94. The average Bonchev–Trinajstić information content (AvgIpc) is 3.21. The summed E-state index contributed by atoms with van der Waals surface area (Å²) in [4.78, 5) is 25.1. The van der Waals surface area contributed by atoms with Gasteiger partial charge in [0, 0.05) is 13.1 Å². The summed E-state index contributed by atoms with van der Waals surface area (Å²) in [5.41, 5.74) is 0. The topological polar surface area (TPSA) is 61.4 Å². The standard InChI is InChI=1S/C13H23N3O2.ClH/c17-12(9-14-8-11-4-5-11)15-10-13(18)16-6-2-1-3-7-16;/h11,14H,1-10H2,(H,15,17);1H. The second-order valence-corrected chi connectivity index (χ2v) is 5.29. The van der Waals surface area contributed by atoms with Crippen molar-refractivity contribution in [3.63, 3.8) is 0 Å². The van der Waals surface area contributed by atoms with Crippen LogP contribution in [0.3, 0.4) is 0 Å². The van der Waals surface area contributed by atoms with Crippen molar-refractivity contribution in [3.8, 4) is 0 Å². The zero-order chi connectivity index (χ0) is 12.8. The summed E-state index contributed by atoms with van der Waals surface area (Å²) >= 11 is 0. The van der Waals surface area contributed by atoms with Crippen LogP contribution in [0.1, 0.15) is 32.1 Å². The molecule has 0 radical (unpaired) electrons. The first-order valence-corrected chi connectivity index (χ1v) is 7.01. The van der Waals surface area contributed by atoms with Gasteiger partial charge in [0.05, 0.1) is 13.1 Å². The lowest BCUT2D eigenvalue weighted by atomic mass is 10.1. The van der Waals surface area contributed by atoms with Gasteiger partial charge in [-0.2, -0.15) is 0 Å². The summed E-state index contributed by atoms with van der Waals surface area (Å²) in [7, 11) is 0. The number of carbonyl (C=O) groups is 2. The molecule has 0 aromatic carbocycles. The van der Waals surface area contributed by atoms with Gasteiger partial charge in [-0.05, 0) is 44.6 Å². The number of rotatable bonds is 6. The van der Waals surface area contributed by atoms with Crippen molar-refractivity contribution >= 4 is 24.2 Å². The van der Waals surface area contributed by atoms with Crippen LogP contribution in [0, 0.1) is 5.92 Å². The molecule has 2 amide bonds. The van der Waals surface area contributed by atoms with Gasteiger partial charge in [0.25, 0.3) is 0 Å². The summed E-state index contributed by atoms with van der Waals surface area (Å²) in [5.74, 6) is 0.735. The maximum absolute atomic E-state index is 11.8. The molecule has 1 heterocycles. The van der Waals surface area contributed by atoms with E-state index in [1.807, 2.05) is 4.90 Å². The predicted octanol–water partition coefficient (Wildman–Crippen LogP) is 0.536. The minimum atomic E-state index is -0.0824. The smallest absolute Gasteiger partial charge is 0.241 e. The zero-order valence-corrected chi connectivity index (χ0v) is 12.1. The minimum Gasteiger partial charge on any atom is -0.346 e. The Morgan fingerprint density at radius 3 is 2.37 bits per heavy atom. The quantitative estimate of drug-likeness (QED) is 0.750. The molecule has 1 saturated carbocycles. The van der Waals surface area contributed by atoms with Crippen LogP contribution in [0.5, 0.6) is 0 Å². The fourth-order valence-corrected chi connectivity index (χ4v) is 2.20. The van der Waals surface area contributed by atoms with Crippen LogP contribution in [-0.4, -0.2) is 49.4 Å². The molecule has 0 aromatic rings. The number of hydrogen-bond acceptors (Lipinski definition) is 3. The van der Waals surface area contributed by atoms with Crippen molar-refractivity contribution in [3.05, 3.63) is 0 Å². The molecule has 6 heteroatoms. The molecule has 0 atom stereocenters. The van der Waals surface area contributed by atoms with Crippen LogP contribution < -0.4 is 10.6 Å². The average molecular weight is 290 g/mol. The van der Waals surface area contributed by atoms with E-state index in [4.69, 9.17) is 0 Å². The molecule has 1 aliphatic carbocycles. The van der Waals surface area contributed by atoms with Crippen molar-refractivity contribution in [1.82, 2.24) is 15.5 Å². The van der Waals surface area contributed by atoms with Crippen LogP contribution in [0.2, 0.25) is 0 Å². The first kappa shape index (κ1) is 16.2. The number of carbonyl (C=O) groups excluding carboxylic acids is 2. The Labute approximate surface area is 120 Å². The Morgan fingerprint density at radius 2 is 1.74 bits per heavy atom. The van der Waals surface area contributed by atoms with Crippen molar-refractivity contribution in [1.29, 1.82) is 0 Å². The first-order chi connectivity index (χ1) is 8.75.